The largest absolute Gasteiger partial charge is 0.387 e. The van der Waals surface area contributed by atoms with Gasteiger partial charge in [0.05, 0.1) is 10.4 Å². The van der Waals surface area contributed by atoms with Gasteiger partial charge in [0.15, 0.2) is 0 Å². The van der Waals surface area contributed by atoms with Crippen molar-refractivity contribution in [2.75, 3.05) is 13.1 Å². The average Bonchev–Trinajstić information content (AvgIpc) is 2.80. The number of aliphatic hydroxyl groups excluding tert-OH is 1. The molecular weight excluding hydrogens is 285 g/mol. The smallest absolute Gasteiger partial charge is 0.123 e. The molecule has 5 heteroatoms. The van der Waals surface area contributed by atoms with Crippen LogP contribution in [-0.2, 0) is 6.42 Å². The quantitative estimate of drug-likeness (QED) is 0.801. The number of rotatable bonds is 6. The zero-order valence-electron chi connectivity index (χ0n) is 10.3. The van der Waals surface area contributed by atoms with E-state index in [9.17, 15) is 9.50 Å². The van der Waals surface area contributed by atoms with Crippen LogP contribution in [0.5, 0.6) is 0 Å². The lowest BCUT2D eigenvalue weighted by Crippen LogP contribution is -2.23. The Bertz CT molecular complexity index is 532. The van der Waals surface area contributed by atoms with Crippen molar-refractivity contribution in [3.05, 3.63) is 57.0 Å². The molecule has 1 heterocycles. The summed E-state index contributed by atoms with van der Waals surface area (Å²) in [6.07, 6.45) is 0.176. The van der Waals surface area contributed by atoms with Crippen LogP contribution in [0.25, 0.3) is 0 Å². The second kappa shape index (κ2) is 7.01. The van der Waals surface area contributed by atoms with Gasteiger partial charge in [-0.3, -0.25) is 0 Å². The van der Waals surface area contributed by atoms with E-state index in [-0.39, 0.29) is 5.82 Å². The molecular formula is C14H15ClFNOS. The Kier molecular flexibility index (Phi) is 5.34. The Morgan fingerprint density at radius 3 is 2.84 bits per heavy atom. The van der Waals surface area contributed by atoms with Crippen molar-refractivity contribution in [3.8, 4) is 0 Å². The van der Waals surface area contributed by atoms with Gasteiger partial charge in [-0.05, 0) is 36.2 Å². The molecule has 0 amide bonds. The fourth-order valence-electron chi connectivity index (χ4n) is 1.77. The first-order valence-corrected chi connectivity index (χ1v) is 7.23. The van der Waals surface area contributed by atoms with Crippen LogP contribution in [0, 0.1) is 5.82 Å². The van der Waals surface area contributed by atoms with Gasteiger partial charge in [0, 0.05) is 18.0 Å². The second-order valence-electron chi connectivity index (χ2n) is 4.23. The summed E-state index contributed by atoms with van der Waals surface area (Å²) < 4.78 is 13.8. The molecule has 1 unspecified atom stereocenters. The van der Waals surface area contributed by atoms with E-state index >= 15 is 0 Å². The van der Waals surface area contributed by atoms with Crippen LogP contribution in [0.15, 0.2) is 36.4 Å². The third-order valence-electron chi connectivity index (χ3n) is 2.75. The fourth-order valence-corrected chi connectivity index (χ4v) is 2.86. The minimum Gasteiger partial charge on any atom is -0.387 e. The number of benzene rings is 1. The van der Waals surface area contributed by atoms with Gasteiger partial charge in [-0.15, -0.1) is 11.3 Å². The molecule has 0 spiro atoms. The number of halogens is 2. The summed E-state index contributed by atoms with van der Waals surface area (Å²) in [4.78, 5) is 1.21. The van der Waals surface area contributed by atoms with Crippen LogP contribution in [0.4, 0.5) is 4.39 Å². The molecule has 0 fully saturated rings. The Labute approximate surface area is 120 Å². The Balaban J connectivity index is 1.73. The van der Waals surface area contributed by atoms with E-state index in [4.69, 9.17) is 11.6 Å². The second-order valence-corrected chi connectivity index (χ2v) is 6.03. The van der Waals surface area contributed by atoms with E-state index in [0.717, 1.165) is 17.3 Å². The minimum atomic E-state index is -0.692. The van der Waals surface area contributed by atoms with Crippen molar-refractivity contribution in [1.82, 2.24) is 5.32 Å². The zero-order valence-corrected chi connectivity index (χ0v) is 11.8. The minimum absolute atomic E-state index is 0.329. The predicted molar refractivity (Wildman–Crippen MR) is 77.3 cm³/mol. The molecule has 0 saturated carbocycles. The summed E-state index contributed by atoms with van der Waals surface area (Å²) >= 11 is 7.40. The SMILES string of the molecule is OC(CNCCc1ccc(Cl)s1)c1cccc(F)c1. The lowest BCUT2D eigenvalue weighted by Gasteiger charge is -2.12. The monoisotopic (exact) mass is 299 g/mol. The molecule has 1 aromatic carbocycles. The zero-order chi connectivity index (χ0) is 13.7. The third-order valence-corrected chi connectivity index (χ3v) is 4.04. The van der Waals surface area contributed by atoms with Crippen LogP contribution in [0.1, 0.15) is 16.5 Å². The third kappa shape index (κ3) is 4.58. The molecule has 0 saturated heterocycles. The molecule has 0 aliphatic heterocycles. The van der Waals surface area contributed by atoms with Crippen molar-refractivity contribution < 1.29 is 9.50 Å². The van der Waals surface area contributed by atoms with E-state index in [1.807, 2.05) is 12.1 Å². The van der Waals surface area contributed by atoms with Crippen molar-refractivity contribution in [2.24, 2.45) is 0 Å². The van der Waals surface area contributed by atoms with Crippen molar-refractivity contribution in [1.29, 1.82) is 0 Å². The normalized spacial score (nSPS) is 12.6. The molecule has 0 aliphatic rings. The van der Waals surface area contributed by atoms with Gasteiger partial charge in [0.2, 0.25) is 0 Å². The van der Waals surface area contributed by atoms with Gasteiger partial charge in [0.25, 0.3) is 0 Å². The molecule has 1 atom stereocenters. The molecule has 0 aliphatic carbocycles. The molecule has 1 aromatic heterocycles. The van der Waals surface area contributed by atoms with Crippen LogP contribution in [0.2, 0.25) is 4.34 Å². The maximum atomic E-state index is 13.0. The average molecular weight is 300 g/mol. The first-order valence-electron chi connectivity index (χ1n) is 6.03. The number of hydrogen-bond acceptors (Lipinski definition) is 3. The lowest BCUT2D eigenvalue weighted by molar-refractivity contribution is 0.174. The van der Waals surface area contributed by atoms with E-state index < -0.39 is 6.10 Å². The molecule has 102 valence electrons. The first kappa shape index (κ1) is 14.5. The van der Waals surface area contributed by atoms with E-state index in [0.29, 0.717) is 12.1 Å². The predicted octanol–water partition coefficient (Wildman–Crippen LogP) is 3.41. The lowest BCUT2D eigenvalue weighted by atomic mass is 10.1. The van der Waals surface area contributed by atoms with Gasteiger partial charge < -0.3 is 10.4 Å². The molecule has 0 bridgehead atoms. The Morgan fingerprint density at radius 1 is 1.32 bits per heavy atom. The van der Waals surface area contributed by atoms with Crippen LogP contribution in [-0.4, -0.2) is 18.2 Å². The number of nitrogens with one attached hydrogen (secondary N) is 1. The summed E-state index contributed by atoms with van der Waals surface area (Å²) in [6.45, 7) is 1.16. The summed E-state index contributed by atoms with van der Waals surface area (Å²) in [7, 11) is 0. The van der Waals surface area contributed by atoms with Gasteiger partial charge in [-0.25, -0.2) is 4.39 Å². The molecule has 0 radical (unpaired) electrons. The molecule has 2 N–H and O–H groups in total. The number of thiophene rings is 1. The van der Waals surface area contributed by atoms with E-state index in [1.54, 1.807) is 23.5 Å². The van der Waals surface area contributed by atoms with Crippen LogP contribution < -0.4 is 5.32 Å². The van der Waals surface area contributed by atoms with E-state index in [1.165, 1.54) is 17.0 Å². The Hall–Kier alpha value is -0.940. The topological polar surface area (TPSA) is 32.3 Å². The van der Waals surface area contributed by atoms with Gasteiger partial charge in [0.1, 0.15) is 5.82 Å². The van der Waals surface area contributed by atoms with Gasteiger partial charge >= 0.3 is 0 Å². The van der Waals surface area contributed by atoms with Gasteiger partial charge in [-0.2, -0.15) is 0 Å². The highest BCUT2D eigenvalue weighted by Gasteiger charge is 2.07. The summed E-state index contributed by atoms with van der Waals surface area (Å²) in [5, 5.41) is 13.1. The molecule has 2 nitrogen and oxygen atoms in total. The fraction of sp³-hybridized carbons (Fsp3) is 0.286. The molecule has 2 aromatic rings. The van der Waals surface area contributed by atoms with Crippen LogP contribution >= 0.6 is 22.9 Å². The highest BCUT2D eigenvalue weighted by molar-refractivity contribution is 7.16. The summed E-state index contributed by atoms with van der Waals surface area (Å²) in [6, 6.07) is 9.91. The molecule has 19 heavy (non-hydrogen) atoms. The molecule has 2 rings (SSSR count). The number of hydrogen-bond donors (Lipinski definition) is 2. The van der Waals surface area contributed by atoms with E-state index in [2.05, 4.69) is 5.32 Å². The maximum absolute atomic E-state index is 13.0. The highest BCUT2D eigenvalue weighted by Crippen LogP contribution is 2.21. The van der Waals surface area contributed by atoms with Crippen LogP contribution in [0.3, 0.4) is 0 Å². The standard InChI is InChI=1S/C14H15ClFNOS/c15-14-5-4-12(19-14)6-7-17-9-13(18)10-2-1-3-11(16)8-10/h1-5,8,13,17-18H,6-7,9H2. The van der Waals surface area contributed by atoms with Crippen molar-refractivity contribution in [3.63, 3.8) is 0 Å². The first-order chi connectivity index (χ1) is 9.15. The van der Waals surface area contributed by atoms with Gasteiger partial charge in [-0.1, -0.05) is 23.7 Å². The highest BCUT2D eigenvalue weighted by atomic mass is 35.5. The summed E-state index contributed by atoms with van der Waals surface area (Å²) in [5.74, 6) is -0.329. The Morgan fingerprint density at radius 2 is 2.16 bits per heavy atom. The summed E-state index contributed by atoms with van der Waals surface area (Å²) in [5.41, 5.74) is 0.590. The van der Waals surface area contributed by atoms with Crippen molar-refractivity contribution in [2.45, 2.75) is 12.5 Å². The maximum Gasteiger partial charge on any atom is 0.123 e. The number of aliphatic hydroxyl groups is 1. The van der Waals surface area contributed by atoms with Crippen molar-refractivity contribution >= 4 is 22.9 Å².